The third kappa shape index (κ3) is 5.65. The molecule has 0 bridgehead atoms. The molecule has 4 aromatic rings. The van der Waals surface area contributed by atoms with Gasteiger partial charge in [0.05, 0.1) is 38.1 Å². The highest BCUT2D eigenvalue weighted by atomic mass is 16.5. The highest BCUT2D eigenvalue weighted by Gasteiger charge is 2.19. The van der Waals surface area contributed by atoms with Crippen molar-refractivity contribution in [3.05, 3.63) is 77.8 Å². The molecule has 3 N–H and O–H groups in total. The quantitative estimate of drug-likeness (QED) is 0.360. The molecule has 10 heteroatoms. The fraction of sp³-hybridized carbons (Fsp3) is 0.214. The number of ether oxygens (including phenoxy) is 2. The Labute approximate surface area is 219 Å². The van der Waals surface area contributed by atoms with E-state index >= 15 is 0 Å². The van der Waals surface area contributed by atoms with Crippen LogP contribution in [0.25, 0.3) is 28.3 Å². The number of nitrogens with two attached hydrogens (primary N) is 1. The molecule has 0 atom stereocenters. The van der Waals surface area contributed by atoms with Gasteiger partial charge in [-0.25, -0.2) is 4.98 Å². The van der Waals surface area contributed by atoms with Crippen molar-refractivity contribution in [2.75, 3.05) is 39.1 Å². The van der Waals surface area contributed by atoms with Gasteiger partial charge in [0.15, 0.2) is 11.3 Å². The number of pyridine rings is 2. The maximum Gasteiger partial charge on any atom is 0.255 e. The van der Waals surface area contributed by atoms with Gasteiger partial charge < -0.3 is 29.8 Å². The summed E-state index contributed by atoms with van der Waals surface area (Å²) in [4.78, 5) is 35.3. The lowest BCUT2D eigenvalue weighted by molar-refractivity contribution is -0.116. The van der Waals surface area contributed by atoms with Crippen molar-refractivity contribution in [2.45, 2.75) is 6.54 Å². The van der Waals surface area contributed by atoms with Gasteiger partial charge in [0.25, 0.3) is 5.91 Å². The molecule has 10 nitrogen and oxygen atoms in total. The average Bonchev–Trinajstić information content (AvgIpc) is 3.38. The lowest BCUT2D eigenvalue weighted by Gasteiger charge is -2.26. The highest BCUT2D eigenvalue weighted by Crippen LogP contribution is 2.34. The van der Waals surface area contributed by atoms with Crippen molar-refractivity contribution in [1.82, 2.24) is 20.2 Å². The number of benzene rings is 1. The normalized spacial score (nSPS) is 13.7. The van der Waals surface area contributed by atoms with Crippen molar-refractivity contribution in [3.8, 4) is 17.0 Å². The van der Waals surface area contributed by atoms with Crippen LogP contribution in [0.4, 0.5) is 5.82 Å². The smallest absolute Gasteiger partial charge is 0.255 e. The summed E-state index contributed by atoms with van der Waals surface area (Å²) in [5, 5.41) is 3.62. The lowest BCUT2D eigenvalue weighted by atomic mass is 10.1. The number of carbonyl (C=O) groups excluding carboxylic acids is 2. The molecule has 1 aliphatic rings. The summed E-state index contributed by atoms with van der Waals surface area (Å²) in [5.74, 6) is 1.21. The van der Waals surface area contributed by atoms with Crippen molar-refractivity contribution in [2.24, 2.45) is 0 Å². The summed E-state index contributed by atoms with van der Waals surface area (Å²) in [7, 11) is 1.57. The van der Waals surface area contributed by atoms with E-state index in [2.05, 4.69) is 15.3 Å². The third-order valence-electron chi connectivity index (χ3n) is 6.13. The summed E-state index contributed by atoms with van der Waals surface area (Å²) >= 11 is 0. The van der Waals surface area contributed by atoms with Crippen LogP contribution < -0.4 is 15.8 Å². The van der Waals surface area contributed by atoms with Gasteiger partial charge in [-0.3, -0.25) is 14.6 Å². The number of methoxy groups -OCH3 is 1. The Morgan fingerprint density at radius 1 is 1.11 bits per heavy atom. The summed E-state index contributed by atoms with van der Waals surface area (Å²) < 4.78 is 16.8. The molecule has 5 rings (SSSR count). The molecule has 4 heterocycles. The predicted octanol–water partition coefficient (Wildman–Crippen LogP) is 3.28. The number of nitrogen functional groups attached to an aromatic ring is 1. The number of anilines is 1. The Balaban J connectivity index is 1.29. The van der Waals surface area contributed by atoms with Crippen molar-refractivity contribution >= 4 is 34.7 Å². The Bertz CT molecular complexity index is 1470. The Morgan fingerprint density at radius 2 is 1.95 bits per heavy atom. The fourth-order valence-corrected chi connectivity index (χ4v) is 4.12. The van der Waals surface area contributed by atoms with Gasteiger partial charge >= 0.3 is 0 Å². The molecule has 1 fully saturated rings. The molecule has 0 radical (unpaired) electrons. The number of fused-ring (bicyclic) bond motifs is 1. The van der Waals surface area contributed by atoms with Crippen molar-refractivity contribution in [1.29, 1.82) is 0 Å². The first-order chi connectivity index (χ1) is 18.5. The van der Waals surface area contributed by atoms with E-state index in [0.717, 1.165) is 16.5 Å². The fourth-order valence-electron chi connectivity index (χ4n) is 4.12. The van der Waals surface area contributed by atoms with E-state index in [9.17, 15) is 9.59 Å². The predicted molar refractivity (Wildman–Crippen MR) is 142 cm³/mol. The van der Waals surface area contributed by atoms with Crippen LogP contribution in [0.15, 0.2) is 65.4 Å². The second-order valence-electron chi connectivity index (χ2n) is 8.71. The monoisotopic (exact) mass is 513 g/mol. The van der Waals surface area contributed by atoms with Crippen LogP contribution in [-0.2, 0) is 16.1 Å². The van der Waals surface area contributed by atoms with Gasteiger partial charge in [-0.15, -0.1) is 0 Å². The topological polar surface area (TPSA) is 133 Å². The highest BCUT2D eigenvalue weighted by molar-refractivity contribution is 5.95. The molecule has 194 valence electrons. The zero-order valence-corrected chi connectivity index (χ0v) is 20.8. The number of amides is 2. The number of furan rings is 1. The molecule has 0 spiro atoms. The maximum absolute atomic E-state index is 12.7. The van der Waals surface area contributed by atoms with Crippen LogP contribution in [0.3, 0.4) is 0 Å². The van der Waals surface area contributed by atoms with Gasteiger partial charge in [-0.05, 0) is 54.1 Å². The summed E-state index contributed by atoms with van der Waals surface area (Å²) in [6.45, 7) is 2.45. The van der Waals surface area contributed by atoms with E-state index in [1.165, 1.54) is 6.08 Å². The van der Waals surface area contributed by atoms with Crippen LogP contribution in [0.2, 0.25) is 0 Å². The molecule has 1 saturated heterocycles. The second kappa shape index (κ2) is 11.1. The number of aromatic nitrogens is 2. The van der Waals surface area contributed by atoms with Crippen molar-refractivity contribution in [3.63, 3.8) is 0 Å². The van der Waals surface area contributed by atoms with Gasteiger partial charge in [-0.2, -0.15) is 0 Å². The first-order valence-electron chi connectivity index (χ1n) is 12.1. The molecular formula is C28H27N5O5. The molecule has 3 aromatic heterocycles. The number of hydrogen-bond acceptors (Lipinski definition) is 8. The van der Waals surface area contributed by atoms with Crippen LogP contribution in [0.5, 0.6) is 5.75 Å². The van der Waals surface area contributed by atoms with E-state index in [4.69, 9.17) is 19.6 Å². The summed E-state index contributed by atoms with van der Waals surface area (Å²) in [5.41, 5.74) is 8.96. The lowest BCUT2D eigenvalue weighted by Crippen LogP contribution is -2.40. The van der Waals surface area contributed by atoms with Crippen molar-refractivity contribution < 1.29 is 23.5 Å². The molecule has 0 unspecified atom stereocenters. The SMILES string of the molecule is COc1cc(-c2ccc(C(=O)N3CCOCC3)cn2)cc2cc(CNC(=O)/C=C/c3ccc(N)nc3)oc12. The number of nitrogens with zero attached hydrogens (tertiary/aromatic N) is 3. The molecule has 0 aliphatic carbocycles. The van der Waals surface area contributed by atoms with Crippen LogP contribution in [0, 0.1) is 0 Å². The van der Waals surface area contributed by atoms with Crippen LogP contribution in [0.1, 0.15) is 21.7 Å². The number of carbonyl (C=O) groups is 2. The zero-order valence-electron chi connectivity index (χ0n) is 20.8. The molecule has 0 saturated carbocycles. The van der Waals surface area contributed by atoms with E-state index in [-0.39, 0.29) is 18.4 Å². The second-order valence-corrected chi connectivity index (χ2v) is 8.71. The third-order valence-corrected chi connectivity index (χ3v) is 6.13. The van der Waals surface area contributed by atoms with Crippen LogP contribution in [-0.4, -0.2) is 60.1 Å². The minimum absolute atomic E-state index is 0.0538. The summed E-state index contributed by atoms with van der Waals surface area (Å²) in [6.07, 6.45) is 6.26. The number of morpholine rings is 1. The zero-order chi connectivity index (χ0) is 26.5. The minimum atomic E-state index is -0.272. The standard InChI is InChI=1S/C28H27N5O5/c1-36-24-14-20(23-5-4-19(16-30-23)28(35)33-8-10-37-11-9-33)12-21-13-22(38-27(21)24)17-32-26(34)7-3-18-2-6-25(29)31-15-18/h2-7,12-16H,8-11,17H2,1H3,(H2,29,31)(H,32,34)/b7-3+. The molecule has 1 aliphatic heterocycles. The number of nitrogens with one attached hydrogen (secondary N) is 1. The Hall–Kier alpha value is -4.70. The number of rotatable bonds is 7. The van der Waals surface area contributed by atoms with E-state index in [0.29, 0.717) is 60.5 Å². The summed E-state index contributed by atoms with van der Waals surface area (Å²) in [6, 6.07) is 12.7. The molecule has 38 heavy (non-hydrogen) atoms. The first kappa shape index (κ1) is 25.0. The minimum Gasteiger partial charge on any atom is -0.493 e. The van der Waals surface area contributed by atoms with E-state index in [1.807, 2.05) is 24.3 Å². The van der Waals surface area contributed by atoms with Gasteiger partial charge in [0, 0.05) is 42.5 Å². The Kier molecular flexibility index (Phi) is 7.32. The average molecular weight is 514 g/mol. The maximum atomic E-state index is 12.7. The molecule has 1 aromatic carbocycles. The van der Waals surface area contributed by atoms with Gasteiger partial charge in [-0.1, -0.05) is 0 Å². The van der Waals surface area contributed by atoms with Gasteiger partial charge in [0.2, 0.25) is 5.91 Å². The number of hydrogen-bond donors (Lipinski definition) is 2. The van der Waals surface area contributed by atoms with Crippen LogP contribution >= 0.6 is 0 Å². The Morgan fingerprint density at radius 3 is 2.66 bits per heavy atom. The largest absolute Gasteiger partial charge is 0.493 e. The van der Waals surface area contributed by atoms with E-state index in [1.54, 1.807) is 48.7 Å². The molecule has 2 amide bonds. The molecular weight excluding hydrogens is 486 g/mol. The van der Waals surface area contributed by atoms with Gasteiger partial charge in [0.1, 0.15) is 11.6 Å². The van der Waals surface area contributed by atoms with E-state index < -0.39 is 0 Å². The first-order valence-corrected chi connectivity index (χ1v) is 12.1.